The van der Waals surface area contributed by atoms with Crippen LogP contribution >= 0.6 is 0 Å². The summed E-state index contributed by atoms with van der Waals surface area (Å²) in [6.07, 6.45) is 5.47. The first-order chi connectivity index (χ1) is 18.0. The van der Waals surface area contributed by atoms with Gasteiger partial charge in [0.25, 0.3) is 0 Å². The maximum atomic E-state index is 11.3. The number of amides is 1. The van der Waals surface area contributed by atoms with E-state index in [0.29, 0.717) is 17.3 Å². The molecule has 0 atom stereocenters. The van der Waals surface area contributed by atoms with Gasteiger partial charge in [0.15, 0.2) is 5.82 Å². The zero-order valence-corrected chi connectivity index (χ0v) is 20.6. The van der Waals surface area contributed by atoms with Crippen LogP contribution in [0.4, 0.5) is 5.82 Å². The third-order valence-corrected chi connectivity index (χ3v) is 7.41. The van der Waals surface area contributed by atoms with Gasteiger partial charge in [0.05, 0.1) is 11.2 Å². The van der Waals surface area contributed by atoms with Crippen molar-refractivity contribution in [2.24, 2.45) is 5.92 Å². The summed E-state index contributed by atoms with van der Waals surface area (Å²) in [4.78, 5) is 24.2. The summed E-state index contributed by atoms with van der Waals surface area (Å²) in [5.41, 5.74) is 11.5. The molecule has 2 aromatic carbocycles. The van der Waals surface area contributed by atoms with E-state index in [-0.39, 0.29) is 17.6 Å². The summed E-state index contributed by atoms with van der Waals surface area (Å²) in [6.45, 7) is 2.28. The molecular weight excluding hydrogens is 466 g/mol. The van der Waals surface area contributed by atoms with E-state index < -0.39 is 0 Å². The maximum Gasteiger partial charge on any atom is 0.216 e. The Morgan fingerprint density at radius 3 is 2.76 bits per heavy atom. The van der Waals surface area contributed by atoms with Crippen LogP contribution in [0.15, 0.2) is 54.9 Å². The van der Waals surface area contributed by atoms with Gasteiger partial charge in [0.2, 0.25) is 5.91 Å². The second-order valence-corrected chi connectivity index (χ2v) is 9.88. The van der Waals surface area contributed by atoms with Gasteiger partial charge in [-0.3, -0.25) is 4.79 Å². The van der Waals surface area contributed by atoms with Crippen LogP contribution < -0.4 is 11.1 Å². The number of rotatable bonds is 5. The summed E-state index contributed by atoms with van der Waals surface area (Å²) in [7, 11) is 0. The van der Waals surface area contributed by atoms with Crippen molar-refractivity contribution in [2.75, 3.05) is 12.3 Å². The van der Waals surface area contributed by atoms with Crippen molar-refractivity contribution < 1.29 is 9.90 Å². The number of phenolic OH excluding ortho intramolecular Hbond substituents is 1. The highest BCUT2D eigenvalue weighted by Gasteiger charge is 2.28. The fourth-order valence-electron chi connectivity index (χ4n) is 5.54. The van der Waals surface area contributed by atoms with E-state index in [1.807, 2.05) is 28.8 Å². The number of aromatic hydroxyl groups is 1. The van der Waals surface area contributed by atoms with Crippen molar-refractivity contribution in [2.45, 2.75) is 38.5 Å². The van der Waals surface area contributed by atoms with Crippen LogP contribution in [-0.4, -0.2) is 42.1 Å². The van der Waals surface area contributed by atoms with Gasteiger partial charge in [0.1, 0.15) is 29.1 Å². The van der Waals surface area contributed by atoms with Gasteiger partial charge in [-0.1, -0.05) is 30.3 Å². The summed E-state index contributed by atoms with van der Waals surface area (Å²) in [5.74, 6) is 2.25. The van der Waals surface area contributed by atoms with Crippen molar-refractivity contribution in [1.82, 2.24) is 29.9 Å². The number of benzene rings is 2. The molecule has 37 heavy (non-hydrogen) atoms. The normalized spacial score (nSPS) is 17.9. The van der Waals surface area contributed by atoms with E-state index in [2.05, 4.69) is 32.5 Å². The third-order valence-electron chi connectivity index (χ3n) is 7.41. The molecule has 9 nitrogen and oxygen atoms in total. The number of aromatic nitrogens is 5. The number of nitrogens with one attached hydrogen (secondary N) is 2. The van der Waals surface area contributed by atoms with Gasteiger partial charge in [-0.15, -0.1) is 0 Å². The lowest BCUT2D eigenvalue weighted by Gasteiger charge is -2.27. The number of para-hydroxylation sites is 1. The van der Waals surface area contributed by atoms with Crippen LogP contribution in [0.2, 0.25) is 0 Å². The Bertz CT molecular complexity index is 1610. The number of hydrogen-bond donors (Lipinski definition) is 4. The highest BCUT2D eigenvalue weighted by atomic mass is 16.3. The van der Waals surface area contributed by atoms with E-state index >= 15 is 0 Å². The molecule has 0 saturated heterocycles. The van der Waals surface area contributed by atoms with Crippen LogP contribution in [0.3, 0.4) is 0 Å². The average molecular weight is 496 g/mol. The Hall–Kier alpha value is -4.40. The van der Waals surface area contributed by atoms with E-state index in [1.165, 1.54) is 6.33 Å². The number of nitrogens with zero attached hydrogens (tertiary/aromatic N) is 4. The van der Waals surface area contributed by atoms with E-state index in [4.69, 9.17) is 10.7 Å². The second kappa shape index (κ2) is 9.24. The first kappa shape index (κ1) is 23.0. The fraction of sp³-hybridized carbons (Fsp3) is 0.286. The zero-order valence-electron chi connectivity index (χ0n) is 20.6. The largest absolute Gasteiger partial charge is 0.508 e. The highest BCUT2D eigenvalue weighted by molar-refractivity contribution is 5.98. The molecule has 5 N–H and O–H groups in total. The molecule has 1 saturated carbocycles. The third kappa shape index (κ3) is 4.26. The number of nitrogen functional groups attached to an aromatic ring is 1. The smallest absolute Gasteiger partial charge is 0.216 e. The van der Waals surface area contributed by atoms with Gasteiger partial charge in [0, 0.05) is 30.3 Å². The summed E-state index contributed by atoms with van der Waals surface area (Å²) in [5, 5.41) is 18.5. The van der Waals surface area contributed by atoms with Crippen LogP contribution in [0.1, 0.15) is 44.3 Å². The quantitative estimate of drug-likeness (QED) is 0.281. The highest BCUT2D eigenvalue weighted by Crippen LogP contribution is 2.39. The minimum absolute atomic E-state index is 0.0174. The lowest BCUT2D eigenvalue weighted by atomic mass is 9.81. The molecular formula is C28H29N7O2. The Kier molecular flexibility index (Phi) is 5.75. The number of carbonyl (C=O) groups excluding carboxylic acids is 1. The number of fused-ring (bicyclic) bond motifs is 2. The Labute approximate surface area is 213 Å². The average Bonchev–Trinajstić information content (AvgIpc) is 3.50. The van der Waals surface area contributed by atoms with Crippen LogP contribution in [0, 0.1) is 5.92 Å². The minimum atomic E-state index is 0.0174. The van der Waals surface area contributed by atoms with Gasteiger partial charge >= 0.3 is 0 Å². The van der Waals surface area contributed by atoms with Crippen LogP contribution in [-0.2, 0) is 4.79 Å². The first-order valence-corrected chi connectivity index (χ1v) is 12.6. The Balaban J connectivity index is 1.39. The van der Waals surface area contributed by atoms with Gasteiger partial charge in [-0.2, -0.15) is 5.10 Å². The first-order valence-electron chi connectivity index (χ1n) is 12.6. The van der Waals surface area contributed by atoms with Crippen molar-refractivity contribution in [3.8, 4) is 28.3 Å². The van der Waals surface area contributed by atoms with E-state index in [1.54, 1.807) is 19.1 Å². The number of carbonyl (C=O) groups is 1. The molecule has 188 valence electrons. The van der Waals surface area contributed by atoms with Crippen molar-refractivity contribution in [3.05, 3.63) is 60.7 Å². The lowest BCUT2D eigenvalue weighted by molar-refractivity contribution is -0.119. The summed E-state index contributed by atoms with van der Waals surface area (Å²) < 4.78 is 1.85. The minimum Gasteiger partial charge on any atom is -0.508 e. The molecule has 5 aromatic rings. The molecule has 1 fully saturated rings. The number of imidazole rings is 1. The van der Waals surface area contributed by atoms with Gasteiger partial charge < -0.3 is 21.1 Å². The predicted octanol–water partition coefficient (Wildman–Crippen LogP) is 4.64. The number of H-pyrrole nitrogens is 1. The van der Waals surface area contributed by atoms with Crippen LogP contribution in [0.5, 0.6) is 5.75 Å². The van der Waals surface area contributed by atoms with Crippen LogP contribution in [0.25, 0.3) is 38.9 Å². The van der Waals surface area contributed by atoms with E-state index in [0.717, 1.165) is 71.5 Å². The SMILES string of the molecule is CC(=O)NC[C@H]1CC[C@H](c2nc(-c3cc4cccc(-c5cccc(O)c5)c4[nH]3)c3c(N)ncnn32)CC1. The monoisotopic (exact) mass is 495 g/mol. The number of nitrogens with two attached hydrogens (primary N) is 1. The Morgan fingerprint density at radius 2 is 1.97 bits per heavy atom. The van der Waals surface area contributed by atoms with Gasteiger partial charge in [-0.05, 0) is 55.4 Å². The predicted molar refractivity (Wildman–Crippen MR) is 143 cm³/mol. The molecule has 9 heteroatoms. The zero-order chi connectivity index (χ0) is 25.5. The lowest BCUT2D eigenvalue weighted by Crippen LogP contribution is -2.29. The number of hydrogen-bond acceptors (Lipinski definition) is 6. The number of anilines is 1. The molecule has 1 aliphatic carbocycles. The molecule has 6 rings (SSSR count). The summed E-state index contributed by atoms with van der Waals surface area (Å²) >= 11 is 0. The number of aromatic amines is 1. The molecule has 0 radical (unpaired) electrons. The maximum absolute atomic E-state index is 11.3. The van der Waals surface area contributed by atoms with Crippen molar-refractivity contribution >= 4 is 28.1 Å². The van der Waals surface area contributed by atoms with Gasteiger partial charge in [-0.25, -0.2) is 14.5 Å². The molecule has 0 spiro atoms. The number of phenols is 1. The Morgan fingerprint density at radius 1 is 1.16 bits per heavy atom. The summed E-state index contributed by atoms with van der Waals surface area (Å²) in [6, 6.07) is 15.4. The fourth-order valence-corrected chi connectivity index (χ4v) is 5.54. The molecule has 0 aliphatic heterocycles. The van der Waals surface area contributed by atoms with Crippen molar-refractivity contribution in [3.63, 3.8) is 0 Å². The standard InChI is InChI=1S/C28H29N7O2/c1-16(36)30-14-17-8-10-18(11-9-17)28-34-25(26-27(29)31-15-32-35(26)28)23-13-20-5-3-7-22(24(20)33-23)19-4-2-6-21(37)12-19/h2-7,12-13,15,17-18,33,37H,8-11,14H2,1H3,(H,30,36)(H2,29,31,32)/t17-,18-. The molecule has 1 aliphatic rings. The molecule has 1 amide bonds. The topological polar surface area (TPSA) is 134 Å². The molecule has 3 heterocycles. The van der Waals surface area contributed by atoms with E-state index in [9.17, 15) is 9.90 Å². The second-order valence-electron chi connectivity index (χ2n) is 9.88. The molecule has 0 unspecified atom stereocenters. The molecule has 0 bridgehead atoms. The molecule has 3 aromatic heterocycles. The van der Waals surface area contributed by atoms with Crippen molar-refractivity contribution in [1.29, 1.82) is 0 Å².